The lowest BCUT2D eigenvalue weighted by molar-refractivity contribution is -0.125. The molecule has 1 unspecified atom stereocenters. The number of primary sulfonamides is 1. The third-order valence-corrected chi connectivity index (χ3v) is 3.23. The maximum atomic E-state index is 11.6. The lowest BCUT2D eigenvalue weighted by Gasteiger charge is -2.14. The van der Waals surface area contributed by atoms with Crippen molar-refractivity contribution in [3.05, 3.63) is 0 Å². The summed E-state index contributed by atoms with van der Waals surface area (Å²) in [6.07, 6.45) is 3.71. The molecule has 0 radical (unpaired) electrons. The predicted octanol–water partition coefficient (Wildman–Crippen LogP) is 0.608. The van der Waals surface area contributed by atoms with Gasteiger partial charge in [0.1, 0.15) is 0 Å². The molecule has 0 aromatic rings. The minimum absolute atomic E-state index is 0.0135. The summed E-state index contributed by atoms with van der Waals surface area (Å²) in [5, 5.41) is 7.43. The quantitative estimate of drug-likeness (QED) is 0.661. The van der Waals surface area contributed by atoms with E-state index in [1.54, 1.807) is 0 Å². The molecule has 1 atom stereocenters. The first-order chi connectivity index (χ1) is 7.40. The average molecular weight is 250 g/mol. The van der Waals surface area contributed by atoms with Gasteiger partial charge in [-0.2, -0.15) is 0 Å². The number of nitrogens with one attached hydrogen (secondary N) is 1. The van der Waals surface area contributed by atoms with E-state index in [0.29, 0.717) is 0 Å². The summed E-state index contributed by atoms with van der Waals surface area (Å²) in [5.74, 6) is -0.289. The lowest BCUT2D eigenvalue weighted by atomic mass is 9.98. The Bertz CT molecular complexity index is 301. The van der Waals surface area contributed by atoms with E-state index in [4.69, 9.17) is 5.14 Å². The van der Waals surface area contributed by atoms with Crippen LogP contribution in [0.1, 0.15) is 39.5 Å². The van der Waals surface area contributed by atoms with Crippen molar-refractivity contribution in [3.8, 4) is 0 Å². The molecule has 16 heavy (non-hydrogen) atoms. The summed E-state index contributed by atoms with van der Waals surface area (Å²) in [6.45, 7) is 4.13. The Balaban J connectivity index is 3.93. The van der Waals surface area contributed by atoms with Gasteiger partial charge in [0, 0.05) is 12.5 Å². The molecule has 0 spiro atoms. The number of rotatable bonds is 8. The van der Waals surface area contributed by atoms with Crippen LogP contribution in [0.15, 0.2) is 0 Å². The van der Waals surface area contributed by atoms with Gasteiger partial charge in [-0.05, 0) is 12.8 Å². The molecule has 0 aromatic heterocycles. The monoisotopic (exact) mass is 250 g/mol. The largest absolute Gasteiger partial charge is 0.355 e. The Hall–Kier alpha value is -0.620. The number of hydrogen-bond acceptors (Lipinski definition) is 3. The number of nitrogens with two attached hydrogens (primary N) is 1. The molecule has 0 saturated heterocycles. The van der Waals surface area contributed by atoms with Gasteiger partial charge in [-0.25, -0.2) is 13.6 Å². The molecule has 0 saturated carbocycles. The third kappa shape index (κ3) is 7.64. The van der Waals surface area contributed by atoms with Crippen molar-refractivity contribution in [2.45, 2.75) is 39.5 Å². The molecule has 3 N–H and O–H groups in total. The van der Waals surface area contributed by atoms with Gasteiger partial charge in [0.25, 0.3) is 0 Å². The highest BCUT2D eigenvalue weighted by Gasteiger charge is 2.15. The van der Waals surface area contributed by atoms with Gasteiger partial charge in [-0.1, -0.05) is 26.7 Å². The fraction of sp³-hybridized carbons (Fsp3) is 0.900. The fourth-order valence-corrected chi connectivity index (χ4v) is 1.82. The first-order valence-electron chi connectivity index (χ1n) is 5.68. The molecule has 0 rings (SSSR count). The van der Waals surface area contributed by atoms with Crippen molar-refractivity contribution in [2.75, 3.05) is 12.3 Å². The van der Waals surface area contributed by atoms with E-state index in [1.165, 1.54) is 0 Å². The van der Waals surface area contributed by atoms with Crippen LogP contribution in [0.5, 0.6) is 0 Å². The molecule has 0 aliphatic heterocycles. The van der Waals surface area contributed by atoms with E-state index in [9.17, 15) is 13.2 Å². The summed E-state index contributed by atoms with van der Waals surface area (Å²) in [7, 11) is -3.48. The van der Waals surface area contributed by atoms with Crippen LogP contribution in [0.2, 0.25) is 0 Å². The Labute approximate surface area is 97.8 Å². The van der Waals surface area contributed by atoms with E-state index < -0.39 is 10.0 Å². The zero-order valence-electron chi connectivity index (χ0n) is 10.0. The summed E-state index contributed by atoms with van der Waals surface area (Å²) in [4.78, 5) is 11.6. The molecule has 0 aliphatic carbocycles. The van der Waals surface area contributed by atoms with E-state index in [-0.39, 0.29) is 24.1 Å². The van der Waals surface area contributed by atoms with E-state index >= 15 is 0 Å². The van der Waals surface area contributed by atoms with Gasteiger partial charge in [-0.15, -0.1) is 0 Å². The van der Waals surface area contributed by atoms with Gasteiger partial charge in [-0.3, -0.25) is 4.79 Å². The Morgan fingerprint density at radius 3 is 2.44 bits per heavy atom. The fourth-order valence-electron chi connectivity index (χ4n) is 1.43. The maximum absolute atomic E-state index is 11.6. The van der Waals surface area contributed by atoms with E-state index in [0.717, 1.165) is 25.7 Å². The van der Waals surface area contributed by atoms with Gasteiger partial charge in [0.05, 0.1) is 5.75 Å². The van der Waals surface area contributed by atoms with Crippen LogP contribution in [-0.2, 0) is 14.8 Å². The van der Waals surface area contributed by atoms with Crippen LogP contribution in [0.25, 0.3) is 0 Å². The number of carbonyl (C=O) groups excluding carboxylic acids is 1. The smallest absolute Gasteiger partial charge is 0.223 e. The molecule has 6 heteroatoms. The van der Waals surface area contributed by atoms with E-state index in [1.807, 2.05) is 6.92 Å². The van der Waals surface area contributed by atoms with E-state index in [2.05, 4.69) is 12.2 Å². The van der Waals surface area contributed by atoms with Gasteiger partial charge < -0.3 is 5.32 Å². The number of sulfonamides is 1. The summed E-state index contributed by atoms with van der Waals surface area (Å²) < 4.78 is 21.3. The van der Waals surface area contributed by atoms with Crippen LogP contribution in [0.4, 0.5) is 0 Å². The van der Waals surface area contributed by atoms with Crippen molar-refractivity contribution in [2.24, 2.45) is 11.1 Å². The molecule has 0 aromatic carbocycles. The molecule has 96 valence electrons. The minimum Gasteiger partial charge on any atom is -0.355 e. The predicted molar refractivity (Wildman–Crippen MR) is 64.3 cm³/mol. The van der Waals surface area contributed by atoms with Crippen LogP contribution in [0.3, 0.4) is 0 Å². The van der Waals surface area contributed by atoms with Crippen molar-refractivity contribution >= 4 is 15.9 Å². The first kappa shape index (κ1) is 15.4. The first-order valence-corrected chi connectivity index (χ1v) is 7.40. The van der Waals surface area contributed by atoms with Crippen LogP contribution in [0, 0.1) is 5.92 Å². The standard InChI is InChI=1S/C10H22N2O3S/c1-3-5-6-9(4-2)10(13)12-7-8-16(11,14)15/h9H,3-8H2,1-2H3,(H,12,13)(H2,11,14,15). The topological polar surface area (TPSA) is 89.3 Å². The van der Waals surface area contributed by atoms with Crippen LogP contribution >= 0.6 is 0 Å². The summed E-state index contributed by atoms with van der Waals surface area (Å²) in [5.41, 5.74) is 0. The highest BCUT2D eigenvalue weighted by Crippen LogP contribution is 2.12. The molecular formula is C10H22N2O3S. The van der Waals surface area contributed by atoms with Crippen LogP contribution < -0.4 is 10.5 Å². The average Bonchev–Trinajstić information content (AvgIpc) is 2.17. The molecular weight excluding hydrogens is 228 g/mol. The maximum Gasteiger partial charge on any atom is 0.223 e. The summed E-state index contributed by atoms with van der Waals surface area (Å²) in [6, 6.07) is 0. The molecule has 5 nitrogen and oxygen atoms in total. The Kier molecular flexibility index (Phi) is 7.33. The molecule has 0 aliphatic rings. The third-order valence-electron chi connectivity index (χ3n) is 2.46. The van der Waals surface area contributed by atoms with Gasteiger partial charge in [0.15, 0.2) is 0 Å². The van der Waals surface area contributed by atoms with Crippen molar-refractivity contribution in [1.29, 1.82) is 0 Å². The number of unbranched alkanes of at least 4 members (excludes halogenated alkanes) is 1. The molecule has 0 heterocycles. The normalized spacial score (nSPS) is 13.4. The highest BCUT2D eigenvalue weighted by molar-refractivity contribution is 7.89. The Morgan fingerprint density at radius 2 is 2.00 bits per heavy atom. The number of amides is 1. The van der Waals surface area contributed by atoms with Crippen molar-refractivity contribution < 1.29 is 13.2 Å². The molecule has 0 fully saturated rings. The highest BCUT2D eigenvalue weighted by atomic mass is 32.2. The second kappa shape index (κ2) is 7.62. The zero-order chi connectivity index (χ0) is 12.6. The molecule has 0 bridgehead atoms. The van der Waals surface area contributed by atoms with Crippen LogP contribution in [-0.4, -0.2) is 26.6 Å². The minimum atomic E-state index is -3.48. The van der Waals surface area contributed by atoms with Crippen molar-refractivity contribution in [1.82, 2.24) is 5.32 Å². The zero-order valence-corrected chi connectivity index (χ0v) is 10.8. The second-order valence-corrected chi connectivity index (χ2v) is 5.64. The number of hydrogen-bond donors (Lipinski definition) is 2. The van der Waals surface area contributed by atoms with Crippen molar-refractivity contribution in [3.63, 3.8) is 0 Å². The van der Waals surface area contributed by atoms with Gasteiger partial charge in [0.2, 0.25) is 15.9 Å². The lowest BCUT2D eigenvalue weighted by Crippen LogP contribution is -2.35. The number of carbonyl (C=O) groups is 1. The summed E-state index contributed by atoms with van der Waals surface area (Å²) >= 11 is 0. The SMILES string of the molecule is CCCCC(CC)C(=O)NCCS(N)(=O)=O. The second-order valence-electron chi connectivity index (χ2n) is 3.91. The molecule has 1 amide bonds. The van der Waals surface area contributed by atoms with Gasteiger partial charge >= 0.3 is 0 Å². The Morgan fingerprint density at radius 1 is 1.38 bits per heavy atom.